The Labute approximate surface area is 244 Å². The number of para-hydroxylation sites is 1. The van der Waals surface area contributed by atoms with E-state index in [1.54, 1.807) is 25.2 Å². The highest BCUT2D eigenvalue weighted by Gasteiger charge is 2.60. The average molecular weight is 597 g/mol. The van der Waals surface area contributed by atoms with Gasteiger partial charge in [-0.2, -0.15) is 18.4 Å². The Kier molecular flexibility index (Phi) is 7.66. The van der Waals surface area contributed by atoms with Crippen LogP contribution in [0.25, 0.3) is 0 Å². The lowest BCUT2D eigenvalue weighted by Gasteiger charge is -2.62. The number of aliphatic hydroxyl groups excluding tert-OH is 1. The van der Waals surface area contributed by atoms with E-state index in [9.17, 15) is 27.9 Å². The molecule has 3 aromatic carbocycles. The average Bonchev–Trinajstić information content (AvgIpc) is 2.97. The van der Waals surface area contributed by atoms with E-state index in [4.69, 9.17) is 5.26 Å². The smallest absolute Gasteiger partial charge is 0.386 e. The van der Waals surface area contributed by atoms with Crippen molar-refractivity contribution in [2.45, 2.75) is 24.5 Å². The predicted molar refractivity (Wildman–Crippen MR) is 151 cm³/mol. The van der Waals surface area contributed by atoms with E-state index in [2.05, 4.69) is 10.6 Å². The molecule has 43 heavy (non-hydrogen) atoms. The summed E-state index contributed by atoms with van der Waals surface area (Å²) >= 11 is 0. The maximum atomic E-state index is 15.1. The molecule has 3 N–H and O–H groups in total. The molecule has 1 atom stereocenters. The minimum absolute atomic E-state index is 0.0654. The fourth-order valence-corrected chi connectivity index (χ4v) is 5.76. The Balaban J connectivity index is 1.52. The van der Waals surface area contributed by atoms with Crippen molar-refractivity contribution in [1.29, 1.82) is 5.26 Å². The lowest BCUT2D eigenvalue weighted by molar-refractivity contribution is -0.154. The van der Waals surface area contributed by atoms with Gasteiger partial charge in [-0.3, -0.25) is 9.59 Å². The Hall–Kier alpha value is -4.83. The Morgan fingerprint density at radius 1 is 1.09 bits per heavy atom. The molecule has 5 rings (SSSR count). The van der Waals surface area contributed by atoms with Crippen LogP contribution in [0, 0.1) is 17.1 Å². The van der Waals surface area contributed by atoms with Crippen LogP contribution in [-0.4, -0.2) is 67.3 Å². The number of carbonyl (C=O) groups is 2. The summed E-state index contributed by atoms with van der Waals surface area (Å²) < 4.78 is 54.5. The number of hydrogen-bond acceptors (Lipinski definition) is 7. The van der Waals surface area contributed by atoms with E-state index in [0.29, 0.717) is 22.5 Å². The van der Waals surface area contributed by atoms with Crippen LogP contribution in [0.3, 0.4) is 0 Å². The normalized spacial score (nSPS) is 17.9. The maximum absolute atomic E-state index is 15.1. The minimum Gasteiger partial charge on any atom is -0.386 e. The van der Waals surface area contributed by atoms with Crippen molar-refractivity contribution >= 4 is 28.9 Å². The molecule has 0 aliphatic carbocycles. The molecule has 224 valence electrons. The fraction of sp³-hybridized carbons (Fsp3) is 0.300. The third kappa shape index (κ3) is 5.18. The summed E-state index contributed by atoms with van der Waals surface area (Å²) in [6, 6.07) is 15.1. The minimum atomic E-state index is -4.52. The summed E-state index contributed by atoms with van der Waals surface area (Å²) in [6.45, 7) is -0.356. The zero-order valence-corrected chi connectivity index (χ0v) is 23.2. The van der Waals surface area contributed by atoms with Crippen LogP contribution >= 0.6 is 0 Å². The molecule has 1 spiro atoms. The highest BCUT2D eigenvalue weighted by atomic mass is 19.4. The van der Waals surface area contributed by atoms with Gasteiger partial charge in [-0.1, -0.05) is 18.2 Å². The van der Waals surface area contributed by atoms with Gasteiger partial charge in [0.25, 0.3) is 5.91 Å². The Morgan fingerprint density at radius 2 is 1.79 bits per heavy atom. The SMILES string of the molecule is CNC(=O)c1cccc(N2CC3(C2)C(O)N(c2ccc(C#N)cc2F)CC(=O)N3Cc2ccc(C(F)(F)F)cc2)c1NC. The van der Waals surface area contributed by atoms with E-state index >= 15 is 4.39 Å². The molecule has 0 saturated carbocycles. The third-order valence-corrected chi connectivity index (χ3v) is 7.96. The van der Waals surface area contributed by atoms with E-state index in [1.165, 1.54) is 41.1 Å². The maximum Gasteiger partial charge on any atom is 0.416 e. The number of halogens is 4. The number of benzene rings is 3. The van der Waals surface area contributed by atoms with Gasteiger partial charge in [0.05, 0.1) is 46.4 Å². The number of amides is 2. The summed E-state index contributed by atoms with van der Waals surface area (Å²) in [5, 5.41) is 26.5. The van der Waals surface area contributed by atoms with Crippen molar-refractivity contribution in [3.05, 3.63) is 88.7 Å². The van der Waals surface area contributed by atoms with Crippen LogP contribution in [0.1, 0.15) is 27.0 Å². The lowest BCUT2D eigenvalue weighted by atomic mass is 9.81. The Bertz CT molecular complexity index is 1600. The van der Waals surface area contributed by atoms with E-state index in [1.807, 2.05) is 11.0 Å². The first-order chi connectivity index (χ1) is 20.4. The number of aliphatic hydroxyl groups is 1. The van der Waals surface area contributed by atoms with Gasteiger partial charge < -0.3 is 30.4 Å². The van der Waals surface area contributed by atoms with Gasteiger partial charge in [-0.25, -0.2) is 4.39 Å². The molecule has 2 aliphatic heterocycles. The second kappa shape index (κ2) is 11.1. The molecule has 2 amide bonds. The topological polar surface area (TPSA) is 112 Å². The number of rotatable bonds is 6. The third-order valence-electron chi connectivity index (χ3n) is 7.96. The number of piperazine rings is 1. The molecular weight excluding hydrogens is 568 g/mol. The second-order valence-electron chi connectivity index (χ2n) is 10.4. The largest absolute Gasteiger partial charge is 0.416 e. The number of alkyl halides is 3. The molecule has 2 fully saturated rings. The fourth-order valence-electron chi connectivity index (χ4n) is 5.76. The Morgan fingerprint density at radius 3 is 2.37 bits per heavy atom. The molecule has 2 aliphatic rings. The molecule has 1 unspecified atom stereocenters. The molecule has 0 bridgehead atoms. The molecule has 9 nitrogen and oxygen atoms in total. The molecule has 3 aromatic rings. The zero-order valence-electron chi connectivity index (χ0n) is 23.2. The first kappa shape index (κ1) is 29.7. The van der Waals surface area contributed by atoms with Crippen molar-refractivity contribution in [1.82, 2.24) is 10.2 Å². The summed E-state index contributed by atoms with van der Waals surface area (Å²) in [6.07, 6.45) is -5.94. The standard InChI is InChI=1S/C30H28F4N6O3/c1-36-26-21(27(42)37-2)4-3-5-24(26)38-16-29(17-38)28(43)39(23-11-8-19(13-35)12-22(23)31)15-25(41)40(29)14-18-6-9-20(10-7-18)30(32,33)34/h3-12,28,36,43H,14-17H2,1-2H3,(H,37,42). The van der Waals surface area contributed by atoms with Crippen molar-refractivity contribution in [2.75, 3.05) is 48.8 Å². The van der Waals surface area contributed by atoms with Gasteiger partial charge in [-0.15, -0.1) is 0 Å². The monoisotopic (exact) mass is 596 g/mol. The van der Waals surface area contributed by atoms with Crippen molar-refractivity contribution in [2.24, 2.45) is 0 Å². The van der Waals surface area contributed by atoms with Crippen LogP contribution in [0.2, 0.25) is 0 Å². The van der Waals surface area contributed by atoms with Gasteiger partial charge in [0.15, 0.2) is 6.23 Å². The van der Waals surface area contributed by atoms with Crippen LogP contribution in [0.4, 0.5) is 34.6 Å². The zero-order chi connectivity index (χ0) is 31.1. The number of hydrogen-bond donors (Lipinski definition) is 3. The van der Waals surface area contributed by atoms with Gasteiger partial charge in [-0.05, 0) is 48.0 Å². The van der Waals surface area contributed by atoms with Crippen LogP contribution < -0.4 is 20.4 Å². The van der Waals surface area contributed by atoms with Crippen LogP contribution in [0.15, 0.2) is 60.7 Å². The number of nitriles is 1. The summed E-state index contributed by atoms with van der Waals surface area (Å²) in [7, 11) is 3.17. The van der Waals surface area contributed by atoms with Crippen LogP contribution in [-0.2, 0) is 17.5 Å². The van der Waals surface area contributed by atoms with Gasteiger partial charge >= 0.3 is 6.18 Å². The molecular formula is C30H28F4N6O3. The summed E-state index contributed by atoms with van der Waals surface area (Å²) in [5.41, 5.74) is -0.167. The summed E-state index contributed by atoms with van der Waals surface area (Å²) in [5.74, 6) is -1.58. The number of nitrogens with one attached hydrogen (secondary N) is 2. The number of nitrogens with zero attached hydrogens (tertiary/aromatic N) is 4. The molecule has 2 saturated heterocycles. The molecule has 0 radical (unpaired) electrons. The van der Waals surface area contributed by atoms with E-state index in [-0.39, 0.29) is 36.8 Å². The van der Waals surface area contributed by atoms with Gasteiger partial charge in [0.1, 0.15) is 11.4 Å². The molecule has 0 aromatic heterocycles. The van der Waals surface area contributed by atoms with Crippen LogP contribution in [0.5, 0.6) is 0 Å². The predicted octanol–water partition coefficient (Wildman–Crippen LogP) is 3.54. The summed E-state index contributed by atoms with van der Waals surface area (Å²) in [4.78, 5) is 30.7. The van der Waals surface area contributed by atoms with E-state index < -0.39 is 41.8 Å². The van der Waals surface area contributed by atoms with Gasteiger partial charge in [0.2, 0.25) is 5.91 Å². The highest BCUT2D eigenvalue weighted by Crippen LogP contribution is 2.44. The molecule has 2 heterocycles. The van der Waals surface area contributed by atoms with E-state index in [0.717, 1.165) is 18.2 Å². The second-order valence-corrected chi connectivity index (χ2v) is 10.4. The molecule has 13 heteroatoms. The van der Waals surface area contributed by atoms with Crippen molar-refractivity contribution in [3.63, 3.8) is 0 Å². The number of anilines is 3. The van der Waals surface area contributed by atoms with Crippen molar-refractivity contribution in [3.8, 4) is 6.07 Å². The highest BCUT2D eigenvalue weighted by molar-refractivity contribution is 6.02. The first-order valence-electron chi connectivity index (χ1n) is 13.3. The quantitative estimate of drug-likeness (QED) is 0.374. The van der Waals surface area contributed by atoms with Crippen molar-refractivity contribution < 1.29 is 32.3 Å². The van der Waals surface area contributed by atoms with Gasteiger partial charge in [0, 0.05) is 33.7 Å². The number of carbonyl (C=O) groups excluding carboxylic acids is 2. The first-order valence-corrected chi connectivity index (χ1v) is 13.3. The lowest BCUT2D eigenvalue weighted by Crippen LogP contribution is -2.82.